The van der Waals surface area contributed by atoms with Crippen LogP contribution in [0.25, 0.3) is 0 Å². The van der Waals surface area contributed by atoms with Crippen molar-refractivity contribution in [1.82, 2.24) is 15.2 Å². The fourth-order valence-corrected chi connectivity index (χ4v) is 1.80. The highest BCUT2D eigenvalue weighted by molar-refractivity contribution is 5.85. The zero-order chi connectivity index (χ0) is 12.9. The highest BCUT2D eigenvalue weighted by Crippen LogP contribution is 2.09. The van der Waals surface area contributed by atoms with Crippen LogP contribution < -0.4 is 5.32 Å². The lowest BCUT2D eigenvalue weighted by molar-refractivity contribution is -0.136. The van der Waals surface area contributed by atoms with Gasteiger partial charge in [-0.25, -0.2) is 0 Å². The summed E-state index contributed by atoms with van der Waals surface area (Å²) in [6, 6.07) is 5.72. The van der Waals surface area contributed by atoms with E-state index in [1.54, 1.807) is 18.1 Å². The SMILES string of the molecule is CCNC(C)(C)C(=O)N(C)Cc1ccccn1. The van der Waals surface area contributed by atoms with Crippen LogP contribution in [0.4, 0.5) is 0 Å². The maximum Gasteiger partial charge on any atom is 0.242 e. The predicted molar refractivity (Wildman–Crippen MR) is 68.5 cm³/mol. The maximum atomic E-state index is 12.2. The number of hydrogen-bond acceptors (Lipinski definition) is 3. The molecule has 1 N–H and O–H groups in total. The molecule has 0 aliphatic rings. The maximum absolute atomic E-state index is 12.2. The molecule has 0 aliphatic heterocycles. The lowest BCUT2D eigenvalue weighted by Crippen LogP contribution is -2.52. The van der Waals surface area contributed by atoms with Crippen molar-refractivity contribution in [3.63, 3.8) is 0 Å². The second-order valence-corrected chi connectivity index (χ2v) is 4.64. The quantitative estimate of drug-likeness (QED) is 0.839. The molecule has 4 nitrogen and oxygen atoms in total. The number of carbonyl (C=O) groups excluding carboxylic acids is 1. The predicted octanol–water partition coefficient (Wildman–Crippen LogP) is 1.43. The van der Waals surface area contributed by atoms with E-state index in [2.05, 4.69) is 10.3 Å². The van der Waals surface area contributed by atoms with E-state index >= 15 is 0 Å². The van der Waals surface area contributed by atoms with Gasteiger partial charge in [-0.05, 0) is 32.5 Å². The molecule has 1 aromatic heterocycles. The van der Waals surface area contributed by atoms with Gasteiger partial charge in [-0.15, -0.1) is 0 Å². The molecular formula is C13H21N3O. The Morgan fingerprint density at radius 3 is 2.71 bits per heavy atom. The highest BCUT2D eigenvalue weighted by Gasteiger charge is 2.29. The van der Waals surface area contributed by atoms with E-state index in [1.807, 2.05) is 39.0 Å². The van der Waals surface area contributed by atoms with Crippen LogP contribution in [0.15, 0.2) is 24.4 Å². The first-order chi connectivity index (χ1) is 7.97. The topological polar surface area (TPSA) is 45.2 Å². The van der Waals surface area contributed by atoms with Crippen molar-refractivity contribution in [3.8, 4) is 0 Å². The summed E-state index contributed by atoms with van der Waals surface area (Å²) >= 11 is 0. The molecule has 0 fully saturated rings. The van der Waals surface area contributed by atoms with Crippen molar-refractivity contribution in [2.45, 2.75) is 32.9 Å². The summed E-state index contributed by atoms with van der Waals surface area (Å²) in [4.78, 5) is 18.1. The number of nitrogens with one attached hydrogen (secondary N) is 1. The van der Waals surface area contributed by atoms with Crippen molar-refractivity contribution in [2.75, 3.05) is 13.6 Å². The minimum absolute atomic E-state index is 0.0741. The Morgan fingerprint density at radius 2 is 2.18 bits per heavy atom. The molecular weight excluding hydrogens is 214 g/mol. The molecule has 94 valence electrons. The first kappa shape index (κ1) is 13.6. The summed E-state index contributed by atoms with van der Waals surface area (Å²) in [5, 5.41) is 3.18. The molecule has 1 amide bonds. The van der Waals surface area contributed by atoms with Crippen LogP contribution in [0.5, 0.6) is 0 Å². The molecule has 0 bridgehead atoms. The van der Waals surface area contributed by atoms with Gasteiger partial charge in [0.1, 0.15) is 0 Å². The van der Waals surface area contributed by atoms with E-state index in [9.17, 15) is 4.79 Å². The van der Waals surface area contributed by atoms with Gasteiger partial charge >= 0.3 is 0 Å². The minimum Gasteiger partial charge on any atom is -0.338 e. The molecule has 1 heterocycles. The van der Waals surface area contributed by atoms with Crippen LogP contribution >= 0.6 is 0 Å². The monoisotopic (exact) mass is 235 g/mol. The molecule has 0 aliphatic carbocycles. The molecule has 0 atom stereocenters. The molecule has 17 heavy (non-hydrogen) atoms. The van der Waals surface area contributed by atoms with E-state index in [0.717, 1.165) is 12.2 Å². The van der Waals surface area contributed by atoms with Crippen LogP contribution in [0.2, 0.25) is 0 Å². The first-order valence-electron chi connectivity index (χ1n) is 5.88. The molecule has 0 radical (unpaired) electrons. The fraction of sp³-hybridized carbons (Fsp3) is 0.538. The van der Waals surface area contributed by atoms with Gasteiger partial charge in [0.25, 0.3) is 0 Å². The molecule has 0 unspecified atom stereocenters. The number of likely N-dealkylation sites (N-methyl/N-ethyl adjacent to an activating group) is 2. The number of rotatable bonds is 5. The number of carbonyl (C=O) groups is 1. The van der Waals surface area contributed by atoms with Gasteiger partial charge < -0.3 is 10.2 Å². The van der Waals surface area contributed by atoms with E-state index < -0.39 is 5.54 Å². The summed E-state index contributed by atoms with van der Waals surface area (Å²) in [5.41, 5.74) is 0.369. The summed E-state index contributed by atoms with van der Waals surface area (Å²) < 4.78 is 0. The number of amides is 1. The average molecular weight is 235 g/mol. The summed E-state index contributed by atoms with van der Waals surface area (Å²) in [6.07, 6.45) is 1.74. The Balaban J connectivity index is 2.65. The van der Waals surface area contributed by atoms with Crippen LogP contribution in [-0.2, 0) is 11.3 Å². The number of nitrogens with zero attached hydrogens (tertiary/aromatic N) is 2. The van der Waals surface area contributed by atoms with Crippen molar-refractivity contribution < 1.29 is 4.79 Å². The lowest BCUT2D eigenvalue weighted by Gasteiger charge is -2.29. The Kier molecular flexibility index (Phi) is 4.63. The van der Waals surface area contributed by atoms with Gasteiger partial charge in [0, 0.05) is 13.2 Å². The van der Waals surface area contributed by atoms with Gasteiger partial charge in [-0.1, -0.05) is 13.0 Å². The normalized spacial score (nSPS) is 11.3. The van der Waals surface area contributed by atoms with Crippen LogP contribution in [0.1, 0.15) is 26.5 Å². The van der Waals surface area contributed by atoms with E-state index in [4.69, 9.17) is 0 Å². The van der Waals surface area contributed by atoms with Crippen LogP contribution in [-0.4, -0.2) is 34.9 Å². The first-order valence-corrected chi connectivity index (χ1v) is 5.88. The standard InChI is InChI=1S/C13H21N3O/c1-5-15-13(2,3)12(17)16(4)10-11-8-6-7-9-14-11/h6-9,15H,5,10H2,1-4H3. The Labute approximate surface area is 103 Å². The van der Waals surface area contributed by atoms with Crippen molar-refractivity contribution in [1.29, 1.82) is 0 Å². The van der Waals surface area contributed by atoms with Crippen molar-refractivity contribution in [2.24, 2.45) is 0 Å². The minimum atomic E-state index is -0.529. The average Bonchev–Trinajstić information content (AvgIpc) is 2.29. The number of aromatic nitrogens is 1. The van der Waals surface area contributed by atoms with Crippen molar-refractivity contribution in [3.05, 3.63) is 30.1 Å². The third-order valence-corrected chi connectivity index (χ3v) is 2.63. The molecule has 1 rings (SSSR count). The van der Waals surface area contributed by atoms with Gasteiger partial charge in [0.2, 0.25) is 5.91 Å². The van der Waals surface area contributed by atoms with Crippen molar-refractivity contribution >= 4 is 5.91 Å². The molecule has 0 saturated heterocycles. The van der Waals surface area contributed by atoms with E-state index in [0.29, 0.717) is 6.54 Å². The Bertz CT molecular complexity index is 362. The van der Waals surface area contributed by atoms with E-state index in [1.165, 1.54) is 0 Å². The van der Waals surface area contributed by atoms with Crippen LogP contribution in [0.3, 0.4) is 0 Å². The molecule has 0 spiro atoms. The third-order valence-electron chi connectivity index (χ3n) is 2.63. The molecule has 4 heteroatoms. The van der Waals surface area contributed by atoms with Crippen LogP contribution in [0, 0.1) is 0 Å². The summed E-state index contributed by atoms with van der Waals surface area (Å²) in [5.74, 6) is 0.0741. The van der Waals surface area contributed by atoms with Gasteiger partial charge in [0.05, 0.1) is 17.8 Å². The van der Waals surface area contributed by atoms with Gasteiger partial charge in [-0.2, -0.15) is 0 Å². The second kappa shape index (κ2) is 5.77. The largest absolute Gasteiger partial charge is 0.338 e. The summed E-state index contributed by atoms with van der Waals surface area (Å²) in [6.45, 7) is 7.10. The number of hydrogen-bond donors (Lipinski definition) is 1. The highest BCUT2D eigenvalue weighted by atomic mass is 16.2. The van der Waals surface area contributed by atoms with Gasteiger partial charge in [0.15, 0.2) is 0 Å². The van der Waals surface area contributed by atoms with Gasteiger partial charge in [-0.3, -0.25) is 9.78 Å². The molecule has 0 aromatic carbocycles. The smallest absolute Gasteiger partial charge is 0.242 e. The van der Waals surface area contributed by atoms with E-state index in [-0.39, 0.29) is 5.91 Å². The lowest BCUT2D eigenvalue weighted by atomic mass is 10.0. The molecule has 0 saturated carbocycles. The third kappa shape index (κ3) is 3.82. The zero-order valence-corrected chi connectivity index (χ0v) is 11.0. The Hall–Kier alpha value is -1.42. The number of pyridine rings is 1. The molecule has 1 aromatic rings. The second-order valence-electron chi connectivity index (χ2n) is 4.64. The summed E-state index contributed by atoms with van der Waals surface area (Å²) in [7, 11) is 1.80. The Morgan fingerprint density at radius 1 is 1.47 bits per heavy atom. The fourth-order valence-electron chi connectivity index (χ4n) is 1.80. The zero-order valence-electron chi connectivity index (χ0n) is 11.0.